The molecule has 0 aliphatic carbocycles. The molecule has 0 bridgehead atoms. The molecule has 119 valence electrons. The van der Waals surface area contributed by atoms with Gasteiger partial charge in [0.2, 0.25) is 0 Å². The lowest BCUT2D eigenvalue weighted by Crippen LogP contribution is -2.31. The van der Waals surface area contributed by atoms with Crippen molar-refractivity contribution in [2.24, 2.45) is 5.73 Å². The van der Waals surface area contributed by atoms with E-state index in [1.165, 1.54) is 23.1 Å². The number of ether oxygens (including phenoxy) is 1. The van der Waals surface area contributed by atoms with Crippen LogP contribution in [0, 0.1) is 6.07 Å². The fourth-order valence-electron chi connectivity index (χ4n) is 1.97. The second-order valence-corrected chi connectivity index (χ2v) is 4.97. The van der Waals surface area contributed by atoms with Crippen LogP contribution in [-0.2, 0) is 4.74 Å². The zero-order valence-electron chi connectivity index (χ0n) is 12.4. The number of rotatable bonds is 4. The molecule has 7 heteroatoms. The van der Waals surface area contributed by atoms with Crippen molar-refractivity contribution in [3.8, 4) is 0 Å². The number of hydrogen-bond donors (Lipinski definition) is 2. The molecule has 0 aliphatic heterocycles. The Morgan fingerprint density at radius 3 is 2.70 bits per heavy atom. The summed E-state index contributed by atoms with van der Waals surface area (Å²) in [6, 6.07) is 11.3. The van der Waals surface area contributed by atoms with Crippen LogP contribution in [0.5, 0.6) is 0 Å². The molecule has 0 heterocycles. The van der Waals surface area contributed by atoms with Gasteiger partial charge in [0, 0.05) is 6.07 Å². The monoisotopic (exact) mass is 332 g/mol. The van der Waals surface area contributed by atoms with E-state index in [0.717, 1.165) is 0 Å². The highest BCUT2D eigenvalue weighted by molar-refractivity contribution is 6.33. The highest BCUT2D eigenvalue weighted by atomic mass is 35.5. The van der Waals surface area contributed by atoms with Crippen LogP contribution in [0.3, 0.4) is 0 Å². The van der Waals surface area contributed by atoms with E-state index >= 15 is 0 Å². The minimum Gasteiger partial charge on any atom is -0.462 e. The average molecular weight is 333 g/mol. The second kappa shape index (κ2) is 7.02. The van der Waals surface area contributed by atoms with Gasteiger partial charge in [-0.05, 0) is 37.3 Å². The number of halogens is 1. The number of carbonyl (C=O) groups excluding carboxylic acids is 2. The Labute approximate surface area is 138 Å². The quantitative estimate of drug-likeness (QED) is 0.663. The number of benzene rings is 2. The van der Waals surface area contributed by atoms with Crippen molar-refractivity contribution in [3.05, 3.63) is 53.1 Å². The smallest absolute Gasteiger partial charge is 0.338 e. The average Bonchev–Trinajstić information content (AvgIpc) is 2.51. The first-order valence-corrected chi connectivity index (χ1v) is 7.15. The van der Waals surface area contributed by atoms with Crippen LogP contribution in [0.4, 0.5) is 21.9 Å². The number of primary amides is 1. The fraction of sp³-hybridized carbons (Fsp3) is 0.125. The van der Waals surface area contributed by atoms with Crippen molar-refractivity contribution in [1.29, 1.82) is 0 Å². The molecule has 23 heavy (non-hydrogen) atoms. The lowest BCUT2D eigenvalue weighted by molar-refractivity contribution is 0.0526. The molecule has 2 rings (SSSR count). The lowest BCUT2D eigenvalue weighted by atomic mass is 10.1. The molecule has 2 aromatic carbocycles. The maximum atomic E-state index is 11.8. The van der Waals surface area contributed by atoms with Gasteiger partial charge in [0.25, 0.3) is 0 Å². The lowest BCUT2D eigenvalue weighted by Gasteiger charge is -2.21. The minimum absolute atomic E-state index is 0.254. The molecule has 0 aromatic heterocycles. The maximum Gasteiger partial charge on any atom is 0.338 e. The first-order chi connectivity index (χ1) is 10.9. The molecule has 0 unspecified atom stereocenters. The van der Waals surface area contributed by atoms with Gasteiger partial charge >= 0.3 is 12.0 Å². The third-order valence-electron chi connectivity index (χ3n) is 2.99. The van der Waals surface area contributed by atoms with Crippen LogP contribution in [0.2, 0.25) is 5.02 Å². The van der Waals surface area contributed by atoms with Gasteiger partial charge in [0.05, 0.1) is 34.3 Å². The largest absolute Gasteiger partial charge is 0.462 e. The van der Waals surface area contributed by atoms with Gasteiger partial charge in [0.1, 0.15) is 0 Å². The number of nitrogens with zero attached hydrogens (tertiary/aromatic N) is 1. The van der Waals surface area contributed by atoms with E-state index in [4.69, 9.17) is 27.8 Å². The van der Waals surface area contributed by atoms with Crippen molar-refractivity contribution >= 4 is 40.7 Å². The normalized spacial score (nSPS) is 10.2. The van der Waals surface area contributed by atoms with Gasteiger partial charge < -0.3 is 16.2 Å². The third-order valence-corrected chi connectivity index (χ3v) is 3.32. The fourth-order valence-corrected chi connectivity index (χ4v) is 2.12. The summed E-state index contributed by atoms with van der Waals surface area (Å²) < 4.78 is 4.94. The second-order valence-electron chi connectivity index (χ2n) is 4.57. The van der Waals surface area contributed by atoms with E-state index in [2.05, 4.69) is 6.07 Å². The molecular weight excluding hydrogens is 318 g/mol. The predicted molar refractivity (Wildman–Crippen MR) is 88.8 cm³/mol. The predicted octanol–water partition coefficient (Wildman–Crippen LogP) is 3.12. The molecule has 0 spiro atoms. The number of hydrogen-bond acceptors (Lipinski definition) is 4. The Morgan fingerprint density at radius 2 is 2.09 bits per heavy atom. The van der Waals surface area contributed by atoms with Crippen molar-refractivity contribution in [1.82, 2.24) is 0 Å². The molecule has 4 N–H and O–H groups in total. The molecule has 1 radical (unpaired) electrons. The Balaban J connectivity index is 2.46. The molecule has 0 atom stereocenters. The Morgan fingerprint density at radius 1 is 1.35 bits per heavy atom. The number of carbonyl (C=O) groups is 2. The van der Waals surface area contributed by atoms with E-state index in [-0.39, 0.29) is 11.6 Å². The topological polar surface area (TPSA) is 98.6 Å². The number of amides is 2. The number of urea groups is 1. The van der Waals surface area contributed by atoms with E-state index in [1.807, 2.05) is 0 Å². The summed E-state index contributed by atoms with van der Waals surface area (Å²) in [5, 5.41) is 0.270. The van der Waals surface area contributed by atoms with Crippen molar-refractivity contribution in [2.75, 3.05) is 17.2 Å². The maximum absolute atomic E-state index is 11.8. The van der Waals surface area contributed by atoms with Gasteiger partial charge in [0.15, 0.2) is 0 Å². The van der Waals surface area contributed by atoms with E-state index < -0.39 is 12.0 Å². The molecule has 0 saturated heterocycles. The van der Waals surface area contributed by atoms with Crippen molar-refractivity contribution < 1.29 is 14.3 Å². The van der Waals surface area contributed by atoms with Crippen LogP contribution in [0.15, 0.2) is 36.4 Å². The zero-order valence-corrected chi connectivity index (χ0v) is 13.1. The molecular formula is C16H15ClN3O3. The molecule has 2 aromatic rings. The molecule has 2 amide bonds. The van der Waals surface area contributed by atoms with Gasteiger partial charge in [-0.1, -0.05) is 17.7 Å². The van der Waals surface area contributed by atoms with Crippen molar-refractivity contribution in [3.63, 3.8) is 0 Å². The summed E-state index contributed by atoms with van der Waals surface area (Å²) in [4.78, 5) is 24.8. The summed E-state index contributed by atoms with van der Waals surface area (Å²) >= 11 is 5.98. The molecule has 6 nitrogen and oxygen atoms in total. The van der Waals surface area contributed by atoms with Crippen molar-refractivity contribution in [2.45, 2.75) is 6.92 Å². The number of nitrogen functional groups attached to an aromatic ring is 1. The van der Waals surface area contributed by atoms with Gasteiger partial charge in [-0.2, -0.15) is 0 Å². The van der Waals surface area contributed by atoms with E-state index in [0.29, 0.717) is 22.6 Å². The van der Waals surface area contributed by atoms with E-state index in [9.17, 15) is 9.59 Å². The Kier molecular flexibility index (Phi) is 5.08. The number of esters is 1. The summed E-state index contributed by atoms with van der Waals surface area (Å²) in [5.74, 6) is -0.488. The van der Waals surface area contributed by atoms with Crippen LogP contribution >= 0.6 is 11.6 Å². The Hall–Kier alpha value is -2.73. The van der Waals surface area contributed by atoms with Gasteiger partial charge in [-0.25, -0.2) is 9.59 Å². The van der Waals surface area contributed by atoms with E-state index in [1.54, 1.807) is 25.1 Å². The SMILES string of the molecule is CCOC(=O)c1cccc(N(C(N)=O)c2[c]cc(N)c(Cl)c2)c1. The first-order valence-electron chi connectivity index (χ1n) is 6.77. The third kappa shape index (κ3) is 3.73. The molecule has 0 aliphatic rings. The Bertz CT molecular complexity index is 749. The zero-order chi connectivity index (χ0) is 17.0. The standard InChI is InChI=1S/C16H15ClN3O3/c1-2-23-15(21)10-4-3-5-11(8-10)20(16(19)22)12-6-7-14(18)13(17)9-12/h3-5,7-9H,2,18H2,1H3,(H2,19,22). The number of anilines is 3. The first kappa shape index (κ1) is 16.6. The molecule has 0 saturated carbocycles. The molecule has 0 fully saturated rings. The minimum atomic E-state index is -0.747. The highest BCUT2D eigenvalue weighted by Crippen LogP contribution is 2.30. The van der Waals surface area contributed by atoms with Gasteiger partial charge in [-0.3, -0.25) is 4.90 Å². The van der Waals surface area contributed by atoms with Gasteiger partial charge in [-0.15, -0.1) is 0 Å². The number of nitrogens with two attached hydrogens (primary N) is 2. The summed E-state index contributed by atoms with van der Waals surface area (Å²) in [6.45, 7) is 1.97. The van der Waals surface area contributed by atoms with Crippen LogP contribution < -0.4 is 16.4 Å². The summed E-state index contributed by atoms with van der Waals surface area (Å²) in [6.07, 6.45) is 0. The summed E-state index contributed by atoms with van der Waals surface area (Å²) in [7, 11) is 0. The highest BCUT2D eigenvalue weighted by Gasteiger charge is 2.18. The summed E-state index contributed by atoms with van der Waals surface area (Å²) in [5.41, 5.74) is 12.4. The van der Waals surface area contributed by atoms with Crippen LogP contribution in [-0.4, -0.2) is 18.6 Å². The van der Waals surface area contributed by atoms with Crippen LogP contribution in [0.1, 0.15) is 17.3 Å². The van der Waals surface area contributed by atoms with Crippen LogP contribution in [0.25, 0.3) is 0 Å².